The Labute approximate surface area is 33.2 Å². The summed E-state index contributed by atoms with van der Waals surface area (Å²) in [6, 6.07) is 0. The van der Waals surface area contributed by atoms with Crippen LogP contribution < -0.4 is 0 Å². The van der Waals surface area contributed by atoms with Gasteiger partial charge in [0, 0.05) is 0 Å². The molecule has 0 N–H and O–H groups in total. The van der Waals surface area contributed by atoms with Gasteiger partial charge in [-0.25, -0.2) is 0 Å². The Hall–Kier alpha value is 0. The maximum Gasteiger partial charge on any atom is -0.0386 e. The highest BCUT2D eigenvalue weighted by Crippen LogP contribution is 2.35. The second-order valence-electron chi connectivity index (χ2n) is 1.97. The molecule has 2 atom stereocenters. The zero-order valence-corrected chi connectivity index (χ0v) is 3.57. The summed E-state index contributed by atoms with van der Waals surface area (Å²) in [4.78, 5) is 0. The van der Waals surface area contributed by atoms with Crippen LogP contribution in [0.25, 0.3) is 0 Å². The molecule has 5 heavy (non-hydrogen) atoms. The zero-order valence-electron chi connectivity index (χ0n) is 3.57. The summed E-state index contributed by atoms with van der Waals surface area (Å²) in [6.45, 7) is 6.06. The van der Waals surface area contributed by atoms with Gasteiger partial charge >= 0.3 is 0 Å². The third-order valence-corrected chi connectivity index (χ3v) is 1.28. The molecule has 1 rings (SSSR count). The maximum absolute atomic E-state index is 3.83. The molecular formula is C5H9. The van der Waals surface area contributed by atoms with E-state index in [1.165, 1.54) is 6.42 Å². The summed E-state index contributed by atoms with van der Waals surface area (Å²) in [7, 11) is 0. The molecule has 0 nitrogen and oxygen atoms in total. The van der Waals surface area contributed by atoms with Gasteiger partial charge in [0.05, 0.1) is 0 Å². The van der Waals surface area contributed by atoms with Crippen molar-refractivity contribution in [3.63, 3.8) is 0 Å². The minimum Gasteiger partial charge on any atom is -0.0622 e. The lowest BCUT2D eigenvalue weighted by atomic mass is 10.4. The highest BCUT2D eigenvalue weighted by Gasteiger charge is 2.26. The Morgan fingerprint density at radius 2 is 2.00 bits per heavy atom. The molecule has 0 unspecified atom stereocenters. The van der Waals surface area contributed by atoms with Gasteiger partial charge in [0.25, 0.3) is 0 Å². The maximum atomic E-state index is 3.83. The van der Waals surface area contributed by atoms with Gasteiger partial charge in [0.2, 0.25) is 0 Å². The van der Waals surface area contributed by atoms with Crippen molar-refractivity contribution in [1.29, 1.82) is 0 Å². The zero-order chi connectivity index (χ0) is 3.86. The molecule has 0 aromatic carbocycles. The third-order valence-electron chi connectivity index (χ3n) is 1.28. The van der Waals surface area contributed by atoms with Crippen molar-refractivity contribution in [3.8, 4) is 0 Å². The summed E-state index contributed by atoms with van der Waals surface area (Å²) in [5.41, 5.74) is 0. The first-order chi connectivity index (χ1) is 2.30. The van der Waals surface area contributed by atoms with Crippen molar-refractivity contribution in [3.05, 3.63) is 6.92 Å². The molecule has 0 saturated heterocycles. The lowest BCUT2D eigenvalue weighted by Gasteiger charge is -1.66. The van der Waals surface area contributed by atoms with Crippen molar-refractivity contribution >= 4 is 0 Å². The van der Waals surface area contributed by atoms with Gasteiger partial charge in [-0.05, 0) is 25.2 Å². The molecule has 1 fully saturated rings. The van der Waals surface area contributed by atoms with E-state index in [-0.39, 0.29) is 0 Å². The van der Waals surface area contributed by atoms with E-state index >= 15 is 0 Å². The van der Waals surface area contributed by atoms with Crippen molar-refractivity contribution in [1.82, 2.24) is 0 Å². The van der Waals surface area contributed by atoms with Crippen molar-refractivity contribution < 1.29 is 0 Å². The van der Waals surface area contributed by atoms with Crippen LogP contribution in [0.15, 0.2) is 0 Å². The molecule has 0 amide bonds. The van der Waals surface area contributed by atoms with E-state index in [9.17, 15) is 0 Å². The quantitative estimate of drug-likeness (QED) is 0.404. The number of hydrogen-bond acceptors (Lipinski definition) is 0. The van der Waals surface area contributed by atoms with Gasteiger partial charge in [-0.15, -0.1) is 0 Å². The van der Waals surface area contributed by atoms with Crippen LogP contribution in [0.3, 0.4) is 0 Å². The van der Waals surface area contributed by atoms with Gasteiger partial charge in [0.15, 0.2) is 0 Å². The molecule has 0 bridgehead atoms. The summed E-state index contributed by atoms with van der Waals surface area (Å²) in [6.07, 6.45) is 1.36. The standard InChI is InChI=1S/C5H9/c1-4-3-5(4)2/h4-5H,1,3H2,2H3/t4-,5+/m0/s1. The molecule has 0 aromatic heterocycles. The lowest BCUT2D eigenvalue weighted by Crippen LogP contribution is -1.59. The van der Waals surface area contributed by atoms with Crippen LogP contribution in [-0.2, 0) is 0 Å². The van der Waals surface area contributed by atoms with E-state index in [1.807, 2.05) is 0 Å². The Morgan fingerprint density at radius 3 is 2.00 bits per heavy atom. The Kier molecular flexibility index (Phi) is 0.470. The van der Waals surface area contributed by atoms with Gasteiger partial charge < -0.3 is 0 Å². The second kappa shape index (κ2) is 0.735. The van der Waals surface area contributed by atoms with Crippen LogP contribution in [0.2, 0.25) is 0 Å². The van der Waals surface area contributed by atoms with Crippen molar-refractivity contribution in [2.24, 2.45) is 11.8 Å². The van der Waals surface area contributed by atoms with Crippen LogP contribution in [0.4, 0.5) is 0 Å². The summed E-state index contributed by atoms with van der Waals surface area (Å²) in [5.74, 6) is 1.74. The van der Waals surface area contributed by atoms with Gasteiger partial charge in [-0.3, -0.25) is 0 Å². The SMILES string of the molecule is [CH2][C@H]1C[C@H]1C. The normalized spacial score (nSPS) is 49.2. The van der Waals surface area contributed by atoms with E-state index < -0.39 is 0 Å². The first kappa shape index (κ1) is 3.20. The monoisotopic (exact) mass is 69.1 g/mol. The van der Waals surface area contributed by atoms with Crippen LogP contribution >= 0.6 is 0 Å². The third kappa shape index (κ3) is 0.444. The van der Waals surface area contributed by atoms with E-state index in [4.69, 9.17) is 0 Å². The topological polar surface area (TPSA) is 0 Å². The fourth-order valence-electron chi connectivity index (χ4n) is 0.399. The van der Waals surface area contributed by atoms with Gasteiger partial charge in [-0.2, -0.15) is 0 Å². The Bertz CT molecular complexity index is 33.3. The minimum atomic E-state index is 0.801. The van der Waals surface area contributed by atoms with Crippen LogP contribution in [0.1, 0.15) is 13.3 Å². The highest BCUT2D eigenvalue weighted by atomic mass is 14.3. The lowest BCUT2D eigenvalue weighted by molar-refractivity contribution is 0.897. The van der Waals surface area contributed by atoms with E-state index in [0.29, 0.717) is 0 Å². The molecule has 0 spiro atoms. The predicted octanol–water partition coefficient (Wildman–Crippen LogP) is 1.48. The first-order valence-electron chi connectivity index (χ1n) is 2.14. The molecule has 0 aromatic rings. The fourth-order valence-corrected chi connectivity index (χ4v) is 0.399. The molecule has 1 aliphatic rings. The number of hydrogen-bond donors (Lipinski definition) is 0. The predicted molar refractivity (Wildman–Crippen MR) is 22.6 cm³/mol. The van der Waals surface area contributed by atoms with Crippen LogP contribution in [0, 0.1) is 18.8 Å². The van der Waals surface area contributed by atoms with E-state index in [1.54, 1.807) is 0 Å². The van der Waals surface area contributed by atoms with E-state index in [0.717, 1.165) is 11.8 Å². The summed E-state index contributed by atoms with van der Waals surface area (Å²) < 4.78 is 0. The average Bonchev–Trinajstić information content (AvgIpc) is 1.79. The molecule has 0 aliphatic heterocycles. The average molecular weight is 69.1 g/mol. The molecule has 0 heterocycles. The highest BCUT2D eigenvalue weighted by molar-refractivity contribution is 4.83. The van der Waals surface area contributed by atoms with Crippen LogP contribution in [-0.4, -0.2) is 0 Å². The van der Waals surface area contributed by atoms with Gasteiger partial charge in [0.1, 0.15) is 0 Å². The summed E-state index contributed by atoms with van der Waals surface area (Å²) in [5, 5.41) is 0. The number of rotatable bonds is 0. The molecular weight excluding hydrogens is 60.1 g/mol. The molecule has 29 valence electrons. The second-order valence-corrected chi connectivity index (χ2v) is 1.97. The Morgan fingerprint density at radius 1 is 1.80 bits per heavy atom. The smallest absolute Gasteiger partial charge is 0.0386 e. The molecule has 0 heteroatoms. The largest absolute Gasteiger partial charge is 0.0622 e. The summed E-state index contributed by atoms with van der Waals surface area (Å²) >= 11 is 0. The fraction of sp³-hybridized carbons (Fsp3) is 0.800. The van der Waals surface area contributed by atoms with Crippen molar-refractivity contribution in [2.75, 3.05) is 0 Å². The molecule has 1 saturated carbocycles. The molecule has 1 radical (unpaired) electrons. The Balaban J connectivity index is 2.20. The van der Waals surface area contributed by atoms with Crippen molar-refractivity contribution in [2.45, 2.75) is 13.3 Å². The van der Waals surface area contributed by atoms with Gasteiger partial charge in [-0.1, -0.05) is 6.92 Å². The van der Waals surface area contributed by atoms with Crippen LogP contribution in [0.5, 0.6) is 0 Å². The first-order valence-corrected chi connectivity index (χ1v) is 2.14. The minimum absolute atomic E-state index is 0.801. The molecule has 1 aliphatic carbocycles. The van der Waals surface area contributed by atoms with E-state index in [2.05, 4.69) is 13.8 Å².